The smallest absolute Gasteiger partial charge is 0.123 e. The quantitative estimate of drug-likeness (QED) is 0.865. The number of benzene rings is 1. The van der Waals surface area contributed by atoms with Gasteiger partial charge in [-0.25, -0.2) is 4.39 Å². The molecule has 0 spiro atoms. The zero-order valence-electron chi connectivity index (χ0n) is 12.4. The van der Waals surface area contributed by atoms with E-state index in [9.17, 15) is 4.39 Å². The lowest BCUT2D eigenvalue weighted by molar-refractivity contribution is 0.177. The highest BCUT2D eigenvalue weighted by Crippen LogP contribution is 2.21. The fourth-order valence-electron chi connectivity index (χ4n) is 2.63. The van der Waals surface area contributed by atoms with Crippen LogP contribution in [-0.2, 0) is 0 Å². The van der Waals surface area contributed by atoms with Crippen molar-refractivity contribution in [1.82, 2.24) is 4.90 Å². The van der Waals surface area contributed by atoms with Gasteiger partial charge >= 0.3 is 0 Å². The summed E-state index contributed by atoms with van der Waals surface area (Å²) in [7, 11) is 0. The van der Waals surface area contributed by atoms with Gasteiger partial charge in [-0.05, 0) is 38.8 Å². The van der Waals surface area contributed by atoms with Gasteiger partial charge in [0.2, 0.25) is 0 Å². The number of nitrogens with zero attached hydrogens (tertiary/aromatic N) is 1. The van der Waals surface area contributed by atoms with Crippen LogP contribution < -0.4 is 10.1 Å². The molecule has 0 saturated carbocycles. The van der Waals surface area contributed by atoms with Gasteiger partial charge in [0, 0.05) is 36.9 Å². The molecule has 1 saturated heterocycles. The number of rotatable bonds is 6. The maximum Gasteiger partial charge on any atom is 0.123 e. The van der Waals surface area contributed by atoms with Crippen LogP contribution in [0.1, 0.15) is 26.7 Å². The molecular weight excluding hydrogens is 255 g/mol. The highest BCUT2D eigenvalue weighted by molar-refractivity contribution is 5.48. The Bertz CT molecular complexity index is 403. The molecule has 20 heavy (non-hydrogen) atoms. The van der Waals surface area contributed by atoms with Crippen LogP contribution >= 0.6 is 0 Å². The molecule has 2 rings (SSSR count). The van der Waals surface area contributed by atoms with Crippen LogP contribution in [0, 0.1) is 0 Å². The number of anilines is 1. The van der Waals surface area contributed by atoms with E-state index in [0.29, 0.717) is 12.1 Å². The van der Waals surface area contributed by atoms with Crippen molar-refractivity contribution in [2.75, 3.05) is 31.7 Å². The number of likely N-dealkylation sites (tertiary alicyclic amines) is 1. The summed E-state index contributed by atoms with van der Waals surface area (Å²) >= 11 is 0. The second-order valence-electron chi connectivity index (χ2n) is 5.61. The summed E-state index contributed by atoms with van der Waals surface area (Å²) < 4.78 is 17.4. The number of nitrogens with one attached hydrogen (secondary N) is 1. The van der Waals surface area contributed by atoms with Crippen LogP contribution in [0.25, 0.3) is 0 Å². The molecular formula is C16H25FN2O. The van der Waals surface area contributed by atoms with Crippen LogP contribution in [0.5, 0.6) is 5.75 Å². The predicted molar refractivity (Wildman–Crippen MR) is 81.3 cm³/mol. The summed E-state index contributed by atoms with van der Waals surface area (Å²) in [4.78, 5) is 2.51. The van der Waals surface area contributed by atoms with Crippen molar-refractivity contribution < 1.29 is 9.13 Å². The summed E-state index contributed by atoms with van der Waals surface area (Å²) in [6, 6.07) is 8.94. The van der Waals surface area contributed by atoms with Gasteiger partial charge in [0.15, 0.2) is 0 Å². The van der Waals surface area contributed by atoms with Gasteiger partial charge in [-0.15, -0.1) is 0 Å². The van der Waals surface area contributed by atoms with Crippen molar-refractivity contribution in [2.45, 2.75) is 38.8 Å². The Kier molecular flexibility index (Phi) is 5.65. The third kappa shape index (κ3) is 4.37. The summed E-state index contributed by atoms with van der Waals surface area (Å²) in [5, 5.41) is 3.56. The van der Waals surface area contributed by atoms with Gasteiger partial charge in [0.1, 0.15) is 19.0 Å². The molecule has 112 valence electrons. The average molecular weight is 280 g/mol. The Morgan fingerprint density at radius 1 is 1.35 bits per heavy atom. The first-order valence-corrected chi connectivity index (χ1v) is 7.48. The van der Waals surface area contributed by atoms with E-state index in [-0.39, 0.29) is 6.61 Å². The van der Waals surface area contributed by atoms with Crippen LogP contribution in [0.3, 0.4) is 0 Å². The van der Waals surface area contributed by atoms with Crippen LogP contribution in [0.4, 0.5) is 10.1 Å². The van der Waals surface area contributed by atoms with E-state index in [4.69, 9.17) is 4.74 Å². The minimum Gasteiger partial charge on any atom is -0.491 e. The van der Waals surface area contributed by atoms with Gasteiger partial charge in [0.25, 0.3) is 0 Å². The SMILES string of the molecule is CC(C)N1CCC(Nc2cccc(OCCF)c2)CC1. The molecule has 0 unspecified atom stereocenters. The molecule has 1 aromatic rings. The van der Waals surface area contributed by atoms with Crippen molar-refractivity contribution in [3.05, 3.63) is 24.3 Å². The largest absolute Gasteiger partial charge is 0.491 e. The molecule has 1 fully saturated rings. The molecule has 4 heteroatoms. The average Bonchev–Trinajstić information content (AvgIpc) is 2.46. The molecule has 1 aliphatic rings. The second kappa shape index (κ2) is 7.48. The highest BCUT2D eigenvalue weighted by atomic mass is 19.1. The molecule has 0 amide bonds. The van der Waals surface area contributed by atoms with Crippen molar-refractivity contribution in [3.8, 4) is 5.75 Å². The fourth-order valence-corrected chi connectivity index (χ4v) is 2.63. The molecule has 0 atom stereocenters. The third-order valence-electron chi connectivity index (χ3n) is 3.81. The Labute approximate surface area is 121 Å². The molecule has 3 nitrogen and oxygen atoms in total. The molecule has 0 radical (unpaired) electrons. The van der Waals surface area contributed by atoms with Gasteiger partial charge in [-0.2, -0.15) is 0 Å². The Balaban J connectivity index is 1.84. The van der Waals surface area contributed by atoms with E-state index in [2.05, 4.69) is 24.1 Å². The zero-order valence-corrected chi connectivity index (χ0v) is 12.4. The molecule has 1 N–H and O–H groups in total. The van der Waals surface area contributed by atoms with E-state index in [0.717, 1.165) is 37.4 Å². The van der Waals surface area contributed by atoms with Crippen LogP contribution in [0.15, 0.2) is 24.3 Å². The minimum absolute atomic E-state index is 0.121. The fraction of sp³-hybridized carbons (Fsp3) is 0.625. The van der Waals surface area contributed by atoms with E-state index in [1.165, 1.54) is 0 Å². The normalized spacial score (nSPS) is 17.4. The number of piperidine rings is 1. The number of ether oxygens (including phenoxy) is 1. The van der Waals surface area contributed by atoms with Crippen molar-refractivity contribution in [1.29, 1.82) is 0 Å². The van der Waals surface area contributed by atoms with E-state index < -0.39 is 6.67 Å². The molecule has 0 bridgehead atoms. The van der Waals surface area contributed by atoms with Gasteiger partial charge in [-0.1, -0.05) is 6.07 Å². The Hall–Kier alpha value is -1.29. The van der Waals surface area contributed by atoms with E-state index in [1.807, 2.05) is 24.3 Å². The predicted octanol–water partition coefficient (Wildman–Crippen LogP) is 3.32. The Morgan fingerprint density at radius 3 is 2.75 bits per heavy atom. The van der Waals surface area contributed by atoms with Gasteiger partial charge in [0.05, 0.1) is 0 Å². The first kappa shape index (κ1) is 15.1. The third-order valence-corrected chi connectivity index (χ3v) is 3.81. The van der Waals surface area contributed by atoms with Crippen molar-refractivity contribution >= 4 is 5.69 Å². The zero-order chi connectivity index (χ0) is 14.4. The number of halogens is 1. The van der Waals surface area contributed by atoms with Crippen molar-refractivity contribution in [2.24, 2.45) is 0 Å². The molecule has 1 heterocycles. The summed E-state index contributed by atoms with van der Waals surface area (Å²) in [5.74, 6) is 0.729. The second-order valence-corrected chi connectivity index (χ2v) is 5.61. The summed E-state index contributed by atoms with van der Waals surface area (Å²) in [6.45, 7) is 6.46. The standard InChI is InChI=1S/C16H25FN2O/c1-13(2)19-9-6-14(7-10-19)18-15-4-3-5-16(12-15)20-11-8-17/h3-5,12-14,18H,6-11H2,1-2H3. The lowest BCUT2D eigenvalue weighted by Crippen LogP contribution is -2.42. The molecule has 0 aromatic heterocycles. The first-order valence-electron chi connectivity index (χ1n) is 7.48. The highest BCUT2D eigenvalue weighted by Gasteiger charge is 2.20. The van der Waals surface area contributed by atoms with E-state index >= 15 is 0 Å². The summed E-state index contributed by atoms with van der Waals surface area (Å²) in [5.41, 5.74) is 1.06. The first-order chi connectivity index (χ1) is 9.69. The molecule has 1 aliphatic heterocycles. The monoisotopic (exact) mass is 280 g/mol. The number of hydrogen-bond acceptors (Lipinski definition) is 3. The van der Waals surface area contributed by atoms with Gasteiger partial charge < -0.3 is 15.0 Å². The summed E-state index contributed by atoms with van der Waals surface area (Å²) in [6.07, 6.45) is 2.32. The molecule has 1 aromatic carbocycles. The minimum atomic E-state index is -0.453. The van der Waals surface area contributed by atoms with Crippen LogP contribution in [-0.4, -0.2) is 43.4 Å². The maximum atomic E-state index is 12.1. The van der Waals surface area contributed by atoms with Crippen molar-refractivity contribution in [3.63, 3.8) is 0 Å². The number of hydrogen-bond donors (Lipinski definition) is 1. The number of alkyl halides is 1. The Morgan fingerprint density at radius 2 is 2.10 bits per heavy atom. The van der Waals surface area contributed by atoms with Crippen LogP contribution in [0.2, 0.25) is 0 Å². The maximum absolute atomic E-state index is 12.1. The van der Waals surface area contributed by atoms with Gasteiger partial charge in [-0.3, -0.25) is 0 Å². The van der Waals surface area contributed by atoms with E-state index in [1.54, 1.807) is 0 Å². The lowest BCUT2D eigenvalue weighted by atomic mass is 10.0. The topological polar surface area (TPSA) is 24.5 Å². The lowest BCUT2D eigenvalue weighted by Gasteiger charge is -2.35. The molecule has 0 aliphatic carbocycles.